The minimum Gasteiger partial charge on any atom is -0.142 e. The number of aryl methyl sites for hydroxylation is 1. The minimum atomic E-state index is 0.848. The van der Waals surface area contributed by atoms with E-state index in [9.17, 15) is 0 Å². The molecule has 0 aliphatic rings. The van der Waals surface area contributed by atoms with Gasteiger partial charge >= 0.3 is 0 Å². The summed E-state index contributed by atoms with van der Waals surface area (Å²) in [6.45, 7) is 2.12. The smallest absolute Gasteiger partial charge is 0.142 e. The SMILES string of the molecule is Cc1ccccc1Cc1nnc(Br)s1. The Labute approximate surface area is 95.1 Å². The number of hydrogen-bond acceptors (Lipinski definition) is 3. The highest BCUT2D eigenvalue weighted by Gasteiger charge is 2.04. The summed E-state index contributed by atoms with van der Waals surface area (Å²) in [5.41, 5.74) is 2.62. The maximum absolute atomic E-state index is 4.07. The van der Waals surface area contributed by atoms with Crippen LogP contribution < -0.4 is 0 Å². The topological polar surface area (TPSA) is 25.8 Å². The van der Waals surface area contributed by atoms with Crippen LogP contribution >= 0.6 is 27.3 Å². The summed E-state index contributed by atoms with van der Waals surface area (Å²) in [5, 5.41) is 9.05. The summed E-state index contributed by atoms with van der Waals surface area (Å²) in [7, 11) is 0. The number of aromatic nitrogens is 2. The van der Waals surface area contributed by atoms with E-state index in [0.717, 1.165) is 15.3 Å². The lowest BCUT2D eigenvalue weighted by Crippen LogP contribution is -1.90. The van der Waals surface area contributed by atoms with Crippen LogP contribution in [0.3, 0.4) is 0 Å². The van der Waals surface area contributed by atoms with Crippen molar-refractivity contribution in [3.05, 3.63) is 44.3 Å². The van der Waals surface area contributed by atoms with Gasteiger partial charge in [-0.25, -0.2) is 0 Å². The zero-order chi connectivity index (χ0) is 9.97. The van der Waals surface area contributed by atoms with Crippen LogP contribution in [0, 0.1) is 6.92 Å². The molecule has 2 rings (SSSR count). The quantitative estimate of drug-likeness (QED) is 0.836. The Hall–Kier alpha value is -0.740. The summed E-state index contributed by atoms with van der Waals surface area (Å²) in [6.07, 6.45) is 0.871. The highest BCUT2D eigenvalue weighted by Crippen LogP contribution is 2.20. The van der Waals surface area contributed by atoms with Gasteiger partial charge < -0.3 is 0 Å². The average molecular weight is 269 g/mol. The van der Waals surface area contributed by atoms with Gasteiger partial charge in [-0.1, -0.05) is 35.6 Å². The van der Waals surface area contributed by atoms with Gasteiger partial charge in [0.1, 0.15) is 5.01 Å². The van der Waals surface area contributed by atoms with E-state index in [-0.39, 0.29) is 0 Å². The molecular weight excluding hydrogens is 260 g/mol. The second kappa shape index (κ2) is 4.19. The Bertz CT molecular complexity index is 439. The summed E-state index contributed by atoms with van der Waals surface area (Å²) in [4.78, 5) is 0. The lowest BCUT2D eigenvalue weighted by Gasteiger charge is -2.01. The lowest BCUT2D eigenvalue weighted by molar-refractivity contribution is 0.988. The molecule has 0 atom stereocenters. The van der Waals surface area contributed by atoms with Crippen molar-refractivity contribution in [2.75, 3.05) is 0 Å². The van der Waals surface area contributed by atoms with Crippen molar-refractivity contribution in [1.29, 1.82) is 0 Å². The fourth-order valence-electron chi connectivity index (χ4n) is 1.28. The molecule has 0 amide bonds. The second-order valence-electron chi connectivity index (χ2n) is 3.05. The molecule has 4 heteroatoms. The van der Waals surface area contributed by atoms with E-state index in [0.29, 0.717) is 0 Å². The van der Waals surface area contributed by atoms with Gasteiger partial charge in [0.15, 0.2) is 3.92 Å². The molecule has 0 saturated heterocycles. The zero-order valence-electron chi connectivity index (χ0n) is 7.70. The summed E-state index contributed by atoms with van der Waals surface area (Å²) < 4.78 is 0.848. The molecule has 2 nitrogen and oxygen atoms in total. The molecule has 0 N–H and O–H groups in total. The third-order valence-corrected chi connectivity index (χ3v) is 3.40. The van der Waals surface area contributed by atoms with Gasteiger partial charge in [-0.2, -0.15) is 0 Å². The molecule has 14 heavy (non-hydrogen) atoms. The van der Waals surface area contributed by atoms with Gasteiger partial charge in [0.05, 0.1) is 0 Å². The zero-order valence-corrected chi connectivity index (χ0v) is 10.1. The molecule has 0 radical (unpaired) electrons. The van der Waals surface area contributed by atoms with Crippen molar-refractivity contribution >= 4 is 27.3 Å². The average Bonchev–Trinajstić information content (AvgIpc) is 2.56. The molecule has 0 saturated carbocycles. The molecule has 1 heterocycles. The molecule has 0 aliphatic heterocycles. The van der Waals surface area contributed by atoms with E-state index >= 15 is 0 Å². The van der Waals surface area contributed by atoms with Crippen LogP contribution in [0.25, 0.3) is 0 Å². The third kappa shape index (κ3) is 2.19. The van der Waals surface area contributed by atoms with Gasteiger partial charge in [-0.05, 0) is 34.0 Å². The molecule has 1 aromatic carbocycles. The largest absolute Gasteiger partial charge is 0.183 e. The number of benzene rings is 1. The summed E-state index contributed by atoms with van der Waals surface area (Å²) in [6, 6.07) is 8.35. The second-order valence-corrected chi connectivity index (χ2v) is 5.39. The molecular formula is C10H9BrN2S. The standard InChI is InChI=1S/C10H9BrN2S/c1-7-4-2-3-5-8(7)6-9-12-13-10(11)14-9/h2-5H,6H2,1H3. The first-order valence-corrected chi connectivity index (χ1v) is 5.89. The number of hydrogen-bond donors (Lipinski definition) is 0. The van der Waals surface area contributed by atoms with Gasteiger partial charge in [0.2, 0.25) is 0 Å². The van der Waals surface area contributed by atoms with Crippen LogP contribution in [-0.2, 0) is 6.42 Å². The van der Waals surface area contributed by atoms with Crippen LogP contribution in [0.1, 0.15) is 16.1 Å². The highest BCUT2D eigenvalue weighted by molar-refractivity contribution is 9.11. The third-order valence-electron chi connectivity index (χ3n) is 2.05. The predicted molar refractivity (Wildman–Crippen MR) is 61.6 cm³/mol. The molecule has 0 unspecified atom stereocenters. The Morgan fingerprint density at radius 2 is 2.07 bits per heavy atom. The molecule has 0 bridgehead atoms. The van der Waals surface area contributed by atoms with Crippen LogP contribution in [0.2, 0.25) is 0 Å². The molecule has 0 fully saturated rings. The van der Waals surface area contributed by atoms with Crippen LogP contribution in [0.4, 0.5) is 0 Å². The number of rotatable bonds is 2. The van der Waals surface area contributed by atoms with Crippen LogP contribution in [0.5, 0.6) is 0 Å². The monoisotopic (exact) mass is 268 g/mol. The minimum absolute atomic E-state index is 0.848. The highest BCUT2D eigenvalue weighted by atomic mass is 79.9. The maximum atomic E-state index is 4.07. The van der Waals surface area contributed by atoms with E-state index in [1.807, 2.05) is 0 Å². The normalized spacial score (nSPS) is 10.4. The van der Waals surface area contributed by atoms with Crippen molar-refractivity contribution < 1.29 is 0 Å². The van der Waals surface area contributed by atoms with Crippen LogP contribution in [-0.4, -0.2) is 10.2 Å². The summed E-state index contributed by atoms with van der Waals surface area (Å²) >= 11 is 4.89. The number of nitrogens with zero attached hydrogens (tertiary/aromatic N) is 2. The Morgan fingerprint density at radius 1 is 1.29 bits per heavy atom. The summed E-state index contributed by atoms with van der Waals surface area (Å²) in [5.74, 6) is 0. The van der Waals surface area contributed by atoms with Crippen molar-refractivity contribution in [2.45, 2.75) is 13.3 Å². The lowest BCUT2D eigenvalue weighted by atomic mass is 10.1. The first kappa shape index (κ1) is 9.80. The molecule has 0 aliphatic carbocycles. The molecule has 0 spiro atoms. The number of halogens is 1. The van der Waals surface area contributed by atoms with Crippen LogP contribution in [0.15, 0.2) is 28.2 Å². The fraction of sp³-hybridized carbons (Fsp3) is 0.200. The first-order valence-electron chi connectivity index (χ1n) is 4.28. The predicted octanol–water partition coefficient (Wildman–Crippen LogP) is 3.20. The van der Waals surface area contributed by atoms with E-state index in [2.05, 4.69) is 57.3 Å². The van der Waals surface area contributed by atoms with E-state index in [4.69, 9.17) is 0 Å². The Kier molecular flexibility index (Phi) is 2.93. The first-order chi connectivity index (χ1) is 6.75. The van der Waals surface area contributed by atoms with Gasteiger partial charge in [0, 0.05) is 6.42 Å². The fourth-order valence-corrected chi connectivity index (χ4v) is 2.50. The van der Waals surface area contributed by atoms with Gasteiger partial charge in [-0.3, -0.25) is 0 Å². The Morgan fingerprint density at radius 3 is 2.71 bits per heavy atom. The van der Waals surface area contributed by atoms with Crippen molar-refractivity contribution in [3.63, 3.8) is 0 Å². The van der Waals surface area contributed by atoms with Crippen molar-refractivity contribution in [1.82, 2.24) is 10.2 Å². The molecule has 72 valence electrons. The maximum Gasteiger partial charge on any atom is 0.183 e. The molecule has 1 aromatic heterocycles. The Balaban J connectivity index is 2.23. The van der Waals surface area contributed by atoms with Crippen molar-refractivity contribution in [2.24, 2.45) is 0 Å². The van der Waals surface area contributed by atoms with E-state index in [1.54, 1.807) is 11.3 Å². The molecule has 2 aromatic rings. The van der Waals surface area contributed by atoms with Gasteiger partial charge in [0.25, 0.3) is 0 Å². The van der Waals surface area contributed by atoms with Crippen molar-refractivity contribution in [3.8, 4) is 0 Å². The van der Waals surface area contributed by atoms with E-state index < -0.39 is 0 Å². The van der Waals surface area contributed by atoms with Gasteiger partial charge in [-0.15, -0.1) is 10.2 Å². The van der Waals surface area contributed by atoms with E-state index in [1.165, 1.54) is 11.1 Å².